The minimum Gasteiger partial charge on any atom is -0.401 e. The predicted octanol–water partition coefficient (Wildman–Crippen LogP) is 1.59. The van der Waals surface area contributed by atoms with E-state index in [0.717, 1.165) is 19.3 Å². The van der Waals surface area contributed by atoms with Crippen LogP contribution in [0.5, 0.6) is 0 Å². The van der Waals surface area contributed by atoms with Crippen LogP contribution in [0.1, 0.15) is 32.6 Å². The van der Waals surface area contributed by atoms with E-state index < -0.39 is 0 Å². The fraction of sp³-hybridized carbons (Fsp3) is 0.556. The molecule has 0 rings (SSSR count). The van der Waals surface area contributed by atoms with E-state index in [2.05, 4.69) is 19.1 Å². The molecule has 13 heavy (non-hydrogen) atoms. The van der Waals surface area contributed by atoms with Crippen LogP contribution in [-0.4, -0.2) is 4.99 Å². The summed E-state index contributed by atoms with van der Waals surface area (Å²) in [6, 6.07) is 1.92. The minimum absolute atomic E-state index is 0.0940. The Kier molecular flexibility index (Phi) is 5.90. The molecule has 0 fully saturated rings. The molecule has 0 aromatic heterocycles. The second kappa shape index (κ2) is 6.44. The van der Waals surface area contributed by atoms with E-state index in [1.165, 1.54) is 0 Å². The van der Waals surface area contributed by atoms with Gasteiger partial charge in [-0.2, -0.15) is 5.26 Å². The van der Waals surface area contributed by atoms with Crippen LogP contribution in [0, 0.1) is 11.3 Å². The average molecular weight is 197 g/mol. The van der Waals surface area contributed by atoms with Crippen molar-refractivity contribution in [3.8, 4) is 6.07 Å². The van der Waals surface area contributed by atoms with Gasteiger partial charge in [-0.25, -0.2) is 0 Å². The predicted molar refractivity (Wildman–Crippen MR) is 57.8 cm³/mol. The van der Waals surface area contributed by atoms with Gasteiger partial charge in [0.1, 0.15) is 16.6 Å². The molecule has 4 N–H and O–H groups in total. The van der Waals surface area contributed by atoms with E-state index in [-0.39, 0.29) is 10.6 Å². The molecule has 0 aliphatic rings. The summed E-state index contributed by atoms with van der Waals surface area (Å²) in [6.45, 7) is 2.11. The van der Waals surface area contributed by atoms with E-state index >= 15 is 0 Å². The summed E-state index contributed by atoms with van der Waals surface area (Å²) in [7, 11) is 0. The topological polar surface area (TPSA) is 75.8 Å². The van der Waals surface area contributed by atoms with Crippen LogP contribution in [0.25, 0.3) is 0 Å². The summed E-state index contributed by atoms with van der Waals surface area (Å²) in [4.78, 5) is 0.0940. The fourth-order valence-corrected chi connectivity index (χ4v) is 1.15. The van der Waals surface area contributed by atoms with Crippen molar-refractivity contribution in [1.82, 2.24) is 0 Å². The third kappa shape index (κ3) is 4.48. The molecule has 0 aromatic carbocycles. The Hall–Kier alpha value is -1.08. The average Bonchev–Trinajstić information content (AvgIpc) is 2.05. The Morgan fingerprint density at radius 3 is 2.38 bits per heavy atom. The summed E-state index contributed by atoms with van der Waals surface area (Å²) in [5.41, 5.74) is 11.8. The molecule has 0 saturated heterocycles. The first-order valence-electron chi connectivity index (χ1n) is 4.32. The number of thiocarbonyl (C=S) groups is 1. The zero-order valence-corrected chi connectivity index (χ0v) is 8.66. The van der Waals surface area contributed by atoms with E-state index in [4.69, 9.17) is 16.7 Å². The van der Waals surface area contributed by atoms with Gasteiger partial charge in [-0.15, -0.1) is 0 Å². The van der Waals surface area contributed by atoms with Gasteiger partial charge < -0.3 is 11.5 Å². The molecule has 0 heterocycles. The van der Waals surface area contributed by atoms with E-state index in [9.17, 15) is 0 Å². The van der Waals surface area contributed by atoms with Gasteiger partial charge in [-0.3, -0.25) is 0 Å². The van der Waals surface area contributed by atoms with E-state index in [1.54, 1.807) is 0 Å². The quantitative estimate of drug-likeness (QED) is 0.304. The molecule has 0 atom stereocenters. The highest BCUT2D eigenvalue weighted by atomic mass is 32.1. The maximum absolute atomic E-state index is 8.67. The monoisotopic (exact) mass is 197 g/mol. The minimum atomic E-state index is 0.0940. The summed E-state index contributed by atoms with van der Waals surface area (Å²) in [5, 5.41) is 8.67. The number of hydrogen-bond acceptors (Lipinski definition) is 3. The van der Waals surface area contributed by atoms with Crippen molar-refractivity contribution in [3.05, 3.63) is 11.3 Å². The molecule has 3 nitrogen and oxygen atoms in total. The lowest BCUT2D eigenvalue weighted by atomic mass is 10.1. The highest BCUT2D eigenvalue weighted by molar-refractivity contribution is 7.80. The van der Waals surface area contributed by atoms with Crippen molar-refractivity contribution in [1.29, 1.82) is 5.26 Å². The van der Waals surface area contributed by atoms with Crippen molar-refractivity contribution in [3.63, 3.8) is 0 Å². The maximum Gasteiger partial charge on any atom is 0.116 e. The van der Waals surface area contributed by atoms with Crippen LogP contribution >= 0.6 is 12.2 Å². The summed E-state index contributed by atoms with van der Waals surface area (Å²) < 4.78 is 0. The summed E-state index contributed by atoms with van der Waals surface area (Å²) in [5.74, 6) is 0. The van der Waals surface area contributed by atoms with E-state index in [1.807, 2.05) is 6.07 Å². The second-order valence-electron chi connectivity index (χ2n) is 2.83. The van der Waals surface area contributed by atoms with Crippen LogP contribution in [0.2, 0.25) is 0 Å². The Bertz CT molecular complexity index is 250. The zero-order chi connectivity index (χ0) is 10.3. The van der Waals surface area contributed by atoms with Crippen LogP contribution in [0.3, 0.4) is 0 Å². The second-order valence-corrected chi connectivity index (χ2v) is 3.27. The molecule has 0 bridgehead atoms. The maximum atomic E-state index is 8.67. The first-order valence-corrected chi connectivity index (χ1v) is 4.72. The van der Waals surface area contributed by atoms with Gasteiger partial charge in [0.05, 0.1) is 0 Å². The normalized spacial score (nSPS) is 11.7. The molecule has 0 aliphatic carbocycles. The standard InChI is InChI=1S/C9H15N3S/c1-2-3-4-5-8(11)7(6-10)9(12)13/h2-5,11H2,1H3,(H2,12,13)/b8-7-. The number of rotatable bonds is 5. The third-order valence-electron chi connectivity index (χ3n) is 1.73. The molecule has 0 radical (unpaired) electrons. The molecule has 0 amide bonds. The zero-order valence-electron chi connectivity index (χ0n) is 7.84. The molecule has 0 unspecified atom stereocenters. The van der Waals surface area contributed by atoms with Gasteiger partial charge in [0.25, 0.3) is 0 Å². The van der Waals surface area contributed by atoms with Crippen LogP contribution in [-0.2, 0) is 0 Å². The number of hydrogen-bond donors (Lipinski definition) is 2. The Morgan fingerprint density at radius 1 is 1.38 bits per heavy atom. The molecule has 72 valence electrons. The van der Waals surface area contributed by atoms with Crippen molar-refractivity contribution < 1.29 is 0 Å². The smallest absolute Gasteiger partial charge is 0.116 e. The molecule has 0 saturated carbocycles. The van der Waals surface area contributed by atoms with Gasteiger partial charge in [0, 0.05) is 5.70 Å². The van der Waals surface area contributed by atoms with Crippen molar-refractivity contribution >= 4 is 17.2 Å². The Morgan fingerprint density at radius 2 is 2.00 bits per heavy atom. The Labute approximate surface area is 84.4 Å². The van der Waals surface area contributed by atoms with Crippen molar-refractivity contribution in [2.45, 2.75) is 32.6 Å². The number of unbranched alkanes of at least 4 members (excludes halogenated alkanes) is 2. The van der Waals surface area contributed by atoms with Gasteiger partial charge in [0.15, 0.2) is 0 Å². The van der Waals surface area contributed by atoms with E-state index in [0.29, 0.717) is 12.1 Å². The van der Waals surface area contributed by atoms with Gasteiger partial charge in [-0.1, -0.05) is 32.0 Å². The molecular weight excluding hydrogens is 182 g/mol. The third-order valence-corrected chi connectivity index (χ3v) is 1.93. The summed E-state index contributed by atoms with van der Waals surface area (Å²) in [6.07, 6.45) is 3.92. The molecule has 0 aliphatic heterocycles. The number of nitriles is 1. The van der Waals surface area contributed by atoms with Crippen LogP contribution < -0.4 is 11.5 Å². The first-order chi connectivity index (χ1) is 6.13. The van der Waals surface area contributed by atoms with Crippen molar-refractivity contribution in [2.75, 3.05) is 0 Å². The molecular formula is C9H15N3S. The van der Waals surface area contributed by atoms with Gasteiger partial charge in [-0.05, 0) is 12.8 Å². The van der Waals surface area contributed by atoms with Crippen molar-refractivity contribution in [2.24, 2.45) is 11.5 Å². The SMILES string of the molecule is CCCCC/C(N)=C(\C#N)C(N)=S. The number of nitrogens with two attached hydrogens (primary N) is 2. The van der Waals surface area contributed by atoms with Gasteiger partial charge >= 0.3 is 0 Å². The lowest BCUT2D eigenvalue weighted by Crippen LogP contribution is -2.15. The Balaban J connectivity index is 4.25. The summed E-state index contributed by atoms with van der Waals surface area (Å²) >= 11 is 4.69. The molecule has 0 spiro atoms. The highest BCUT2D eigenvalue weighted by Crippen LogP contribution is 2.08. The first kappa shape index (κ1) is 11.9. The lowest BCUT2D eigenvalue weighted by Gasteiger charge is -2.03. The molecule has 4 heteroatoms. The lowest BCUT2D eigenvalue weighted by molar-refractivity contribution is 0.709. The number of nitrogens with zero attached hydrogens (tertiary/aromatic N) is 1. The molecule has 0 aromatic rings. The fourth-order valence-electron chi connectivity index (χ4n) is 0.976. The van der Waals surface area contributed by atoms with Crippen LogP contribution in [0.4, 0.5) is 0 Å². The largest absolute Gasteiger partial charge is 0.401 e. The highest BCUT2D eigenvalue weighted by Gasteiger charge is 2.04. The van der Waals surface area contributed by atoms with Gasteiger partial charge in [0.2, 0.25) is 0 Å². The van der Waals surface area contributed by atoms with Crippen LogP contribution in [0.15, 0.2) is 11.3 Å². The number of allylic oxidation sites excluding steroid dienone is 1.